The summed E-state index contributed by atoms with van der Waals surface area (Å²) in [6.45, 7) is 2.98. The number of carboxylic acid groups (broad SMARTS) is 1. The molecule has 0 radical (unpaired) electrons. The van der Waals surface area contributed by atoms with Gasteiger partial charge in [-0.2, -0.15) is 10.1 Å². The summed E-state index contributed by atoms with van der Waals surface area (Å²) in [5.41, 5.74) is 15.3. The van der Waals surface area contributed by atoms with E-state index in [1.165, 1.54) is 4.90 Å². The second kappa shape index (κ2) is 9.13. The monoisotopic (exact) mass is 472 g/mol. The van der Waals surface area contributed by atoms with E-state index in [2.05, 4.69) is 32.0 Å². The van der Waals surface area contributed by atoms with E-state index in [1.807, 2.05) is 54.6 Å². The average Bonchev–Trinajstić information content (AvgIpc) is 3.23. The number of H-pyrrole nitrogens is 1. The van der Waals surface area contributed by atoms with Gasteiger partial charge in [-0.25, -0.2) is 9.78 Å². The van der Waals surface area contributed by atoms with Crippen LogP contribution >= 0.6 is 0 Å². The van der Waals surface area contributed by atoms with Crippen LogP contribution in [0.2, 0.25) is 0 Å². The molecule has 1 fully saturated rings. The van der Waals surface area contributed by atoms with Crippen LogP contribution in [0.3, 0.4) is 0 Å². The normalized spacial score (nSPS) is 18.0. The van der Waals surface area contributed by atoms with E-state index in [0.717, 1.165) is 34.9 Å². The molecule has 2 aromatic heterocycles. The Balaban J connectivity index is 1.44. The Morgan fingerprint density at radius 1 is 1.14 bits per heavy atom. The molecule has 0 spiro atoms. The quantitative estimate of drug-likeness (QED) is 0.343. The van der Waals surface area contributed by atoms with E-state index in [-0.39, 0.29) is 18.0 Å². The largest absolute Gasteiger partial charge is 0.465 e. The van der Waals surface area contributed by atoms with Gasteiger partial charge >= 0.3 is 6.09 Å². The predicted molar refractivity (Wildman–Crippen MR) is 136 cm³/mol. The first-order chi connectivity index (χ1) is 16.9. The zero-order valence-electron chi connectivity index (χ0n) is 19.4. The molecule has 180 valence electrons. The molecule has 0 bridgehead atoms. The number of piperidine rings is 1. The Labute approximate surface area is 202 Å². The van der Waals surface area contributed by atoms with Gasteiger partial charge in [0.2, 0.25) is 5.95 Å². The summed E-state index contributed by atoms with van der Waals surface area (Å²) >= 11 is 0. The molecular formula is C25H28N8O2. The number of aromatic nitrogens is 4. The van der Waals surface area contributed by atoms with Crippen molar-refractivity contribution in [2.75, 3.05) is 22.9 Å². The van der Waals surface area contributed by atoms with Crippen LogP contribution < -0.4 is 16.4 Å². The topological polar surface area (TPSA) is 150 Å². The molecule has 10 heteroatoms. The van der Waals surface area contributed by atoms with Crippen molar-refractivity contribution in [1.29, 1.82) is 0 Å². The van der Waals surface area contributed by atoms with Gasteiger partial charge in [0, 0.05) is 36.1 Å². The van der Waals surface area contributed by atoms with E-state index in [0.29, 0.717) is 30.4 Å². The number of amides is 1. The van der Waals surface area contributed by atoms with E-state index >= 15 is 0 Å². The van der Waals surface area contributed by atoms with Gasteiger partial charge in [0.1, 0.15) is 5.82 Å². The van der Waals surface area contributed by atoms with Crippen molar-refractivity contribution in [2.45, 2.75) is 38.4 Å². The number of hydrogen-bond donors (Lipinski definition) is 4. The fourth-order valence-electron chi connectivity index (χ4n) is 4.74. The average molecular weight is 473 g/mol. The lowest BCUT2D eigenvalue weighted by atomic mass is 9.97. The third-order valence-corrected chi connectivity index (χ3v) is 6.65. The summed E-state index contributed by atoms with van der Waals surface area (Å²) in [6, 6.07) is 17.3. The Kier molecular flexibility index (Phi) is 5.86. The van der Waals surface area contributed by atoms with Crippen LogP contribution in [0.1, 0.15) is 25.3 Å². The van der Waals surface area contributed by atoms with Crippen molar-refractivity contribution in [3.05, 3.63) is 60.2 Å². The molecule has 2 aromatic carbocycles. The molecule has 2 atom stereocenters. The number of nitrogens with zero attached hydrogens (tertiary/aromatic N) is 5. The smallest absolute Gasteiger partial charge is 0.407 e. The van der Waals surface area contributed by atoms with Gasteiger partial charge in [0.05, 0.1) is 17.3 Å². The minimum absolute atomic E-state index is 0.162. The molecule has 0 aliphatic carbocycles. The fraction of sp³-hybridized carbons (Fsp3) is 0.280. The van der Waals surface area contributed by atoms with E-state index < -0.39 is 6.09 Å². The van der Waals surface area contributed by atoms with Crippen molar-refractivity contribution in [3.8, 4) is 11.3 Å². The minimum Gasteiger partial charge on any atom is -0.465 e. The first-order valence-corrected chi connectivity index (χ1v) is 11.6. The van der Waals surface area contributed by atoms with Crippen LogP contribution in [0.5, 0.6) is 0 Å². The summed E-state index contributed by atoms with van der Waals surface area (Å²) in [5.74, 6) is 1.29. The summed E-state index contributed by atoms with van der Waals surface area (Å²) < 4.78 is 0. The van der Waals surface area contributed by atoms with Gasteiger partial charge < -0.3 is 21.5 Å². The van der Waals surface area contributed by atoms with Crippen LogP contribution in [-0.4, -0.2) is 54.9 Å². The molecular weight excluding hydrogens is 444 g/mol. The zero-order valence-corrected chi connectivity index (χ0v) is 19.4. The lowest BCUT2D eigenvalue weighted by molar-refractivity contribution is 0.111. The van der Waals surface area contributed by atoms with Gasteiger partial charge in [0.25, 0.3) is 0 Å². The summed E-state index contributed by atoms with van der Waals surface area (Å²) in [5, 5.41) is 17.8. The number of benzene rings is 2. The maximum absolute atomic E-state index is 12.2. The van der Waals surface area contributed by atoms with Gasteiger partial charge in [-0.15, -0.1) is 0 Å². The van der Waals surface area contributed by atoms with Gasteiger partial charge in [0.15, 0.2) is 5.82 Å². The molecule has 1 aliphatic rings. The van der Waals surface area contributed by atoms with Crippen LogP contribution in [0.4, 0.5) is 22.4 Å². The van der Waals surface area contributed by atoms with Crippen LogP contribution in [-0.2, 0) is 6.54 Å². The number of carbonyl (C=O) groups is 1. The zero-order chi connectivity index (χ0) is 24.5. The van der Waals surface area contributed by atoms with E-state index in [4.69, 9.17) is 11.5 Å². The van der Waals surface area contributed by atoms with E-state index in [1.54, 1.807) is 0 Å². The number of hydrogen-bond acceptors (Lipinski definition) is 7. The SMILES string of the molecule is C[C@@H]1CC[C@H](N(Cc2ccccc2)C(=O)O)CN1c1cc(-c2ccc3c(N)n[nH]c3c2)nc(N)n1. The van der Waals surface area contributed by atoms with Gasteiger partial charge in [-0.1, -0.05) is 36.4 Å². The number of rotatable bonds is 5. The second-order valence-electron chi connectivity index (χ2n) is 8.97. The van der Waals surface area contributed by atoms with Crippen molar-refractivity contribution in [1.82, 2.24) is 25.1 Å². The lowest BCUT2D eigenvalue weighted by Gasteiger charge is -2.42. The molecule has 35 heavy (non-hydrogen) atoms. The van der Waals surface area contributed by atoms with Crippen LogP contribution in [0.25, 0.3) is 22.2 Å². The third-order valence-electron chi connectivity index (χ3n) is 6.65. The van der Waals surface area contributed by atoms with Gasteiger partial charge in [-0.3, -0.25) is 10.00 Å². The van der Waals surface area contributed by atoms with Crippen molar-refractivity contribution < 1.29 is 9.90 Å². The first-order valence-electron chi connectivity index (χ1n) is 11.6. The molecule has 10 nitrogen and oxygen atoms in total. The summed E-state index contributed by atoms with van der Waals surface area (Å²) in [7, 11) is 0. The third kappa shape index (κ3) is 4.54. The molecule has 1 amide bonds. The second-order valence-corrected chi connectivity index (χ2v) is 8.97. The number of fused-ring (bicyclic) bond motifs is 1. The predicted octanol–water partition coefficient (Wildman–Crippen LogP) is 3.72. The molecule has 4 aromatic rings. The molecule has 3 heterocycles. The highest BCUT2D eigenvalue weighted by Gasteiger charge is 2.33. The van der Waals surface area contributed by atoms with Crippen molar-refractivity contribution in [2.24, 2.45) is 0 Å². The number of aromatic amines is 1. The maximum Gasteiger partial charge on any atom is 0.407 e. The lowest BCUT2D eigenvalue weighted by Crippen LogP contribution is -2.52. The molecule has 1 saturated heterocycles. The molecule has 0 saturated carbocycles. The highest BCUT2D eigenvalue weighted by molar-refractivity contribution is 5.91. The van der Waals surface area contributed by atoms with Crippen molar-refractivity contribution >= 4 is 34.6 Å². The molecule has 0 unspecified atom stereocenters. The maximum atomic E-state index is 12.2. The highest BCUT2D eigenvalue weighted by Crippen LogP contribution is 2.31. The number of nitrogen functional groups attached to an aromatic ring is 2. The first kappa shape index (κ1) is 22.5. The van der Waals surface area contributed by atoms with E-state index in [9.17, 15) is 9.90 Å². The van der Waals surface area contributed by atoms with Crippen LogP contribution in [0, 0.1) is 0 Å². The Bertz CT molecular complexity index is 1360. The highest BCUT2D eigenvalue weighted by atomic mass is 16.4. The Hall–Kier alpha value is -4.34. The molecule has 5 rings (SSSR count). The Morgan fingerprint density at radius 3 is 2.71 bits per heavy atom. The van der Waals surface area contributed by atoms with Gasteiger partial charge in [-0.05, 0) is 37.5 Å². The molecule has 1 aliphatic heterocycles. The fourth-order valence-corrected chi connectivity index (χ4v) is 4.74. The number of nitrogens with two attached hydrogens (primary N) is 2. The Morgan fingerprint density at radius 2 is 1.94 bits per heavy atom. The number of nitrogens with one attached hydrogen (secondary N) is 1. The van der Waals surface area contributed by atoms with Crippen molar-refractivity contribution in [3.63, 3.8) is 0 Å². The summed E-state index contributed by atoms with van der Waals surface area (Å²) in [6.07, 6.45) is 0.688. The number of anilines is 3. The standard InChI is InChI=1S/C25H28N8O2/c1-15-7-9-18(33(25(34)35)13-16-5-3-2-4-6-16)14-32(15)22-12-20(28-24(27)29-22)17-8-10-19-21(11-17)30-31-23(19)26/h2-6,8,10-12,15,18H,7,9,13-14H2,1H3,(H,34,35)(H3,26,30,31)(H2,27,28,29)/t15-,18+/m1/s1. The summed E-state index contributed by atoms with van der Waals surface area (Å²) in [4.78, 5) is 24.8. The molecule has 6 N–H and O–H groups in total. The minimum atomic E-state index is -0.927. The van der Waals surface area contributed by atoms with Crippen LogP contribution in [0.15, 0.2) is 54.6 Å².